The van der Waals surface area contributed by atoms with Gasteiger partial charge in [-0.1, -0.05) is 17.3 Å². The van der Waals surface area contributed by atoms with Gasteiger partial charge in [-0.05, 0) is 31.0 Å². The average Bonchev–Trinajstić information content (AvgIpc) is 3.42. The zero-order chi connectivity index (χ0) is 20.6. The first-order valence-electron chi connectivity index (χ1n) is 8.99. The van der Waals surface area contributed by atoms with Crippen LogP contribution in [0.25, 0.3) is 11.4 Å². The third-order valence-corrected chi connectivity index (χ3v) is 6.61. The van der Waals surface area contributed by atoms with Crippen molar-refractivity contribution in [2.45, 2.75) is 17.7 Å². The summed E-state index contributed by atoms with van der Waals surface area (Å²) in [7, 11) is -1.99. The van der Waals surface area contributed by atoms with E-state index < -0.39 is 21.7 Å². The molecule has 0 spiro atoms. The Balaban J connectivity index is 1.56. The van der Waals surface area contributed by atoms with E-state index >= 15 is 0 Å². The van der Waals surface area contributed by atoms with E-state index in [1.807, 2.05) is 0 Å². The number of H-pyrrole nitrogens is 1. The highest BCUT2D eigenvalue weighted by Crippen LogP contribution is 2.24. The van der Waals surface area contributed by atoms with Crippen LogP contribution >= 0.6 is 0 Å². The maximum absolute atomic E-state index is 12.7. The molecule has 0 radical (unpaired) electrons. The second kappa shape index (κ2) is 7.33. The maximum atomic E-state index is 12.7. The Kier molecular flexibility index (Phi) is 4.84. The lowest BCUT2D eigenvalue weighted by Crippen LogP contribution is -2.27. The summed E-state index contributed by atoms with van der Waals surface area (Å²) in [6.45, 7) is 0.991. The molecule has 1 aromatic carbocycles. The number of aromatic nitrogens is 3. The van der Waals surface area contributed by atoms with Crippen LogP contribution in [-0.4, -0.2) is 46.4 Å². The lowest BCUT2D eigenvalue weighted by atomic mass is 10.2. The van der Waals surface area contributed by atoms with Gasteiger partial charge in [-0.25, -0.2) is 13.2 Å². The molecule has 0 saturated carbocycles. The lowest BCUT2D eigenvalue weighted by molar-refractivity contribution is 0.101. The molecule has 11 heteroatoms. The summed E-state index contributed by atoms with van der Waals surface area (Å²) in [6, 6.07) is 8.06. The van der Waals surface area contributed by atoms with E-state index in [0.717, 1.165) is 12.8 Å². The van der Waals surface area contributed by atoms with Gasteiger partial charge in [-0.2, -0.15) is 4.31 Å². The summed E-state index contributed by atoms with van der Waals surface area (Å²) < 4.78 is 32.9. The van der Waals surface area contributed by atoms with Gasteiger partial charge in [0.1, 0.15) is 10.6 Å². The van der Waals surface area contributed by atoms with E-state index in [1.165, 1.54) is 21.1 Å². The Morgan fingerprint density at radius 1 is 1.24 bits per heavy atom. The van der Waals surface area contributed by atoms with Gasteiger partial charge in [0.05, 0.1) is 0 Å². The summed E-state index contributed by atoms with van der Waals surface area (Å²) in [5.74, 6) is -0.893. The second-order valence-electron chi connectivity index (χ2n) is 6.76. The first-order valence-corrected chi connectivity index (χ1v) is 10.4. The van der Waals surface area contributed by atoms with Crippen LogP contribution in [0.15, 0.2) is 50.7 Å². The fourth-order valence-corrected chi connectivity index (χ4v) is 4.86. The van der Waals surface area contributed by atoms with Gasteiger partial charge < -0.3 is 9.88 Å². The molecule has 29 heavy (non-hydrogen) atoms. The number of sulfonamides is 1. The average molecular weight is 417 g/mol. The number of hydrogen-bond acceptors (Lipinski definition) is 6. The number of amides is 1. The van der Waals surface area contributed by atoms with E-state index in [9.17, 15) is 18.0 Å². The molecule has 152 valence electrons. The zero-order valence-electron chi connectivity index (χ0n) is 15.6. The standard InChI is InChI=1S/C18H19N5O5S/c1-22-11-14(29(26,27)23-7-2-3-8-23)10-15(22)17(24)19-13-6-4-5-12(9-13)16-20-18(25)28-21-16/h4-6,9-11H,2-3,7-8H2,1H3,(H,19,24)(H,20,21,25). The number of carbonyl (C=O) groups is 1. The molecule has 2 N–H and O–H groups in total. The molecule has 1 saturated heterocycles. The van der Waals surface area contributed by atoms with Gasteiger partial charge in [-0.15, -0.1) is 0 Å². The molecule has 0 unspecified atom stereocenters. The van der Waals surface area contributed by atoms with Crippen molar-refractivity contribution in [2.24, 2.45) is 7.05 Å². The van der Waals surface area contributed by atoms with Crippen LogP contribution in [0.5, 0.6) is 0 Å². The van der Waals surface area contributed by atoms with Gasteiger partial charge in [0.2, 0.25) is 10.0 Å². The molecule has 1 amide bonds. The highest BCUT2D eigenvalue weighted by molar-refractivity contribution is 7.89. The molecule has 3 heterocycles. The molecule has 1 aliphatic rings. The normalized spacial score (nSPS) is 14.9. The topological polar surface area (TPSA) is 130 Å². The minimum atomic E-state index is -3.61. The second-order valence-corrected chi connectivity index (χ2v) is 8.70. The smallest absolute Gasteiger partial charge is 0.345 e. The summed E-state index contributed by atoms with van der Waals surface area (Å²) in [4.78, 5) is 26.4. The Bertz CT molecular complexity index is 1220. The molecule has 1 aliphatic heterocycles. The van der Waals surface area contributed by atoms with Gasteiger partial charge >= 0.3 is 5.76 Å². The number of aryl methyl sites for hydroxylation is 1. The number of nitrogens with zero attached hydrogens (tertiary/aromatic N) is 3. The molecule has 1 fully saturated rings. The quantitative estimate of drug-likeness (QED) is 0.645. The van der Waals surface area contributed by atoms with Crippen molar-refractivity contribution in [3.05, 3.63) is 52.8 Å². The first kappa shape index (κ1) is 19.2. The van der Waals surface area contributed by atoms with Crippen molar-refractivity contribution in [3.63, 3.8) is 0 Å². The van der Waals surface area contributed by atoms with Crippen molar-refractivity contribution in [1.29, 1.82) is 0 Å². The largest absolute Gasteiger partial charge is 0.439 e. The molecule has 0 bridgehead atoms. The summed E-state index contributed by atoms with van der Waals surface area (Å²) in [5.41, 5.74) is 1.22. The molecule has 10 nitrogen and oxygen atoms in total. The molecule has 0 atom stereocenters. The fraction of sp³-hybridized carbons (Fsp3) is 0.278. The Morgan fingerprint density at radius 2 is 2.00 bits per heavy atom. The van der Waals surface area contributed by atoms with Crippen LogP contribution in [0.3, 0.4) is 0 Å². The van der Waals surface area contributed by atoms with E-state index in [0.29, 0.717) is 24.3 Å². The van der Waals surface area contributed by atoms with Gasteiger partial charge in [0.25, 0.3) is 5.91 Å². The number of nitrogens with one attached hydrogen (secondary N) is 2. The van der Waals surface area contributed by atoms with Crippen molar-refractivity contribution in [1.82, 2.24) is 19.0 Å². The van der Waals surface area contributed by atoms with Crippen LogP contribution in [-0.2, 0) is 17.1 Å². The summed E-state index contributed by atoms with van der Waals surface area (Å²) in [5, 5.41) is 6.35. The number of hydrogen-bond donors (Lipinski definition) is 2. The zero-order valence-corrected chi connectivity index (χ0v) is 16.4. The third-order valence-electron chi connectivity index (χ3n) is 4.75. The predicted octanol–water partition coefficient (Wildman–Crippen LogP) is 1.41. The number of anilines is 1. The van der Waals surface area contributed by atoms with Crippen molar-refractivity contribution < 1.29 is 17.7 Å². The van der Waals surface area contributed by atoms with Crippen LogP contribution in [0, 0.1) is 0 Å². The van der Waals surface area contributed by atoms with Crippen molar-refractivity contribution >= 4 is 21.6 Å². The molecular weight excluding hydrogens is 398 g/mol. The van der Waals surface area contributed by atoms with E-state index in [2.05, 4.69) is 20.0 Å². The van der Waals surface area contributed by atoms with E-state index in [-0.39, 0.29) is 16.4 Å². The minimum Gasteiger partial charge on any atom is -0.345 e. The van der Waals surface area contributed by atoms with E-state index in [4.69, 9.17) is 0 Å². The molecule has 4 rings (SSSR count). The Hall–Kier alpha value is -3.18. The number of carbonyl (C=O) groups excluding carboxylic acids is 1. The molecule has 3 aromatic rings. The first-order chi connectivity index (χ1) is 13.8. The van der Waals surface area contributed by atoms with Gasteiger partial charge in [0, 0.05) is 37.6 Å². The fourth-order valence-electron chi connectivity index (χ4n) is 3.27. The molecular formula is C18H19N5O5S. The third kappa shape index (κ3) is 3.74. The Labute approximate surface area is 166 Å². The summed E-state index contributed by atoms with van der Waals surface area (Å²) in [6.07, 6.45) is 3.12. The molecule has 2 aromatic heterocycles. The SMILES string of the molecule is Cn1cc(S(=O)(=O)N2CCCC2)cc1C(=O)Nc1cccc(-c2noc(=O)[nH]2)c1. The minimum absolute atomic E-state index is 0.0981. The highest BCUT2D eigenvalue weighted by Gasteiger charge is 2.29. The lowest BCUT2D eigenvalue weighted by Gasteiger charge is -2.13. The van der Waals surface area contributed by atoms with Gasteiger partial charge in [-0.3, -0.25) is 14.3 Å². The maximum Gasteiger partial charge on any atom is 0.439 e. The highest BCUT2D eigenvalue weighted by atomic mass is 32.2. The number of aromatic amines is 1. The molecule has 0 aliphatic carbocycles. The van der Waals surface area contributed by atoms with Crippen LogP contribution in [0.4, 0.5) is 5.69 Å². The Morgan fingerprint density at radius 3 is 2.69 bits per heavy atom. The van der Waals surface area contributed by atoms with Crippen LogP contribution in [0.2, 0.25) is 0 Å². The van der Waals surface area contributed by atoms with E-state index in [1.54, 1.807) is 31.3 Å². The monoisotopic (exact) mass is 417 g/mol. The number of rotatable bonds is 5. The number of benzene rings is 1. The predicted molar refractivity (Wildman–Crippen MR) is 104 cm³/mol. The van der Waals surface area contributed by atoms with Crippen molar-refractivity contribution in [2.75, 3.05) is 18.4 Å². The van der Waals surface area contributed by atoms with Crippen LogP contribution < -0.4 is 11.1 Å². The summed E-state index contributed by atoms with van der Waals surface area (Å²) >= 11 is 0. The van der Waals surface area contributed by atoms with Crippen LogP contribution in [0.1, 0.15) is 23.3 Å². The van der Waals surface area contributed by atoms with Crippen molar-refractivity contribution in [3.8, 4) is 11.4 Å². The van der Waals surface area contributed by atoms with Gasteiger partial charge in [0.15, 0.2) is 5.82 Å².